The lowest BCUT2D eigenvalue weighted by Crippen LogP contribution is -2.42. The van der Waals surface area contributed by atoms with E-state index >= 15 is 0 Å². The molecule has 5 nitrogen and oxygen atoms in total. The summed E-state index contributed by atoms with van der Waals surface area (Å²) < 4.78 is 10.6. The number of nitrogens with one attached hydrogen (secondary N) is 2. The smallest absolute Gasteiger partial charge is 0.315 e. The Hall–Kier alpha value is -1.75. The molecule has 2 amide bonds. The predicted octanol–water partition coefficient (Wildman–Crippen LogP) is 2.56. The third-order valence-electron chi connectivity index (χ3n) is 2.75. The van der Waals surface area contributed by atoms with Crippen LogP contribution in [0.1, 0.15) is 26.3 Å². The fraction of sp³-hybridized carbons (Fsp3) is 0.562. The van der Waals surface area contributed by atoms with Crippen molar-refractivity contribution in [3.8, 4) is 5.75 Å². The second-order valence-electron chi connectivity index (χ2n) is 5.53. The van der Waals surface area contributed by atoms with Gasteiger partial charge in [0.2, 0.25) is 0 Å². The monoisotopic (exact) mass is 294 g/mol. The van der Waals surface area contributed by atoms with Crippen LogP contribution in [0.15, 0.2) is 24.3 Å². The molecule has 0 saturated heterocycles. The van der Waals surface area contributed by atoms with Crippen molar-refractivity contribution in [3.05, 3.63) is 29.8 Å². The number of hydrogen-bond acceptors (Lipinski definition) is 3. The van der Waals surface area contributed by atoms with Gasteiger partial charge in [-0.3, -0.25) is 0 Å². The molecule has 21 heavy (non-hydrogen) atoms. The maximum Gasteiger partial charge on any atom is 0.315 e. The predicted molar refractivity (Wildman–Crippen MR) is 83.5 cm³/mol. The fourth-order valence-electron chi connectivity index (χ4n) is 1.72. The zero-order valence-electron chi connectivity index (χ0n) is 13.3. The highest BCUT2D eigenvalue weighted by atomic mass is 16.5. The summed E-state index contributed by atoms with van der Waals surface area (Å²) in [5.41, 5.74) is 1.03. The van der Waals surface area contributed by atoms with Crippen LogP contribution in [0.2, 0.25) is 0 Å². The van der Waals surface area contributed by atoms with Crippen LogP contribution in [0.4, 0.5) is 4.79 Å². The Morgan fingerprint density at radius 3 is 2.38 bits per heavy atom. The lowest BCUT2D eigenvalue weighted by Gasteiger charge is -2.14. The molecule has 0 radical (unpaired) electrons. The molecular formula is C16H26N2O3. The first-order chi connectivity index (χ1) is 10.0. The molecular weight excluding hydrogens is 268 g/mol. The standard InChI is InChI=1S/C16H26N2O3/c1-12(2)10-21-15-7-5-14(6-8-15)9-17-16(19)18-13(3)11-20-4/h5-8,12-13H,9-11H2,1-4H3,(H2,17,18,19). The number of benzene rings is 1. The molecule has 1 unspecified atom stereocenters. The van der Waals surface area contributed by atoms with Crippen LogP contribution in [-0.4, -0.2) is 32.4 Å². The van der Waals surface area contributed by atoms with Crippen LogP contribution < -0.4 is 15.4 Å². The molecule has 0 bridgehead atoms. The van der Waals surface area contributed by atoms with E-state index in [0.29, 0.717) is 25.7 Å². The van der Waals surface area contributed by atoms with Crippen molar-refractivity contribution in [3.63, 3.8) is 0 Å². The zero-order chi connectivity index (χ0) is 15.7. The number of carbonyl (C=O) groups excluding carboxylic acids is 1. The Bertz CT molecular complexity index is 418. The highest BCUT2D eigenvalue weighted by Crippen LogP contribution is 2.13. The van der Waals surface area contributed by atoms with Gasteiger partial charge in [0.1, 0.15) is 5.75 Å². The van der Waals surface area contributed by atoms with Crippen LogP contribution in [0, 0.1) is 5.92 Å². The lowest BCUT2D eigenvalue weighted by atomic mass is 10.2. The van der Waals surface area contributed by atoms with Crippen molar-refractivity contribution in [2.45, 2.75) is 33.4 Å². The largest absolute Gasteiger partial charge is 0.493 e. The van der Waals surface area contributed by atoms with Gasteiger partial charge in [0, 0.05) is 13.7 Å². The van der Waals surface area contributed by atoms with Gasteiger partial charge < -0.3 is 20.1 Å². The van der Waals surface area contributed by atoms with Gasteiger partial charge in [0.15, 0.2) is 0 Å². The number of ether oxygens (including phenoxy) is 2. The second-order valence-corrected chi connectivity index (χ2v) is 5.53. The first kappa shape index (κ1) is 17.3. The summed E-state index contributed by atoms with van der Waals surface area (Å²) in [5.74, 6) is 1.36. The Morgan fingerprint density at radius 2 is 1.81 bits per heavy atom. The number of carbonyl (C=O) groups is 1. The Labute approximate surface area is 127 Å². The van der Waals surface area contributed by atoms with Gasteiger partial charge in [0.25, 0.3) is 0 Å². The van der Waals surface area contributed by atoms with E-state index in [1.54, 1.807) is 7.11 Å². The highest BCUT2D eigenvalue weighted by Gasteiger charge is 2.06. The van der Waals surface area contributed by atoms with E-state index in [0.717, 1.165) is 11.3 Å². The third-order valence-corrected chi connectivity index (χ3v) is 2.75. The number of methoxy groups -OCH3 is 1. The lowest BCUT2D eigenvalue weighted by molar-refractivity contribution is 0.171. The molecule has 1 atom stereocenters. The molecule has 0 aliphatic heterocycles. The Balaban J connectivity index is 2.33. The minimum Gasteiger partial charge on any atom is -0.493 e. The van der Waals surface area contributed by atoms with Gasteiger partial charge in [-0.15, -0.1) is 0 Å². The van der Waals surface area contributed by atoms with Gasteiger partial charge in [-0.25, -0.2) is 4.79 Å². The van der Waals surface area contributed by atoms with Crippen molar-refractivity contribution in [1.82, 2.24) is 10.6 Å². The molecule has 5 heteroatoms. The topological polar surface area (TPSA) is 59.6 Å². The normalized spacial score (nSPS) is 12.0. The summed E-state index contributed by atoms with van der Waals surface area (Å²) in [4.78, 5) is 11.6. The maximum absolute atomic E-state index is 11.6. The van der Waals surface area contributed by atoms with Crippen molar-refractivity contribution in [2.75, 3.05) is 20.3 Å². The molecule has 118 valence electrons. The summed E-state index contributed by atoms with van der Waals surface area (Å²) >= 11 is 0. The number of amides is 2. The van der Waals surface area contributed by atoms with Crippen LogP contribution in [-0.2, 0) is 11.3 Å². The molecule has 1 aromatic carbocycles. The summed E-state index contributed by atoms with van der Waals surface area (Å²) in [5, 5.41) is 5.61. The van der Waals surface area contributed by atoms with Crippen molar-refractivity contribution in [1.29, 1.82) is 0 Å². The summed E-state index contributed by atoms with van der Waals surface area (Å²) in [6.07, 6.45) is 0. The molecule has 2 N–H and O–H groups in total. The molecule has 0 aliphatic rings. The average Bonchev–Trinajstić information content (AvgIpc) is 2.44. The fourth-order valence-corrected chi connectivity index (χ4v) is 1.72. The summed E-state index contributed by atoms with van der Waals surface area (Å²) in [7, 11) is 1.61. The molecule has 0 fully saturated rings. The quantitative estimate of drug-likeness (QED) is 0.774. The number of urea groups is 1. The molecule has 0 saturated carbocycles. The Kier molecular flexibility index (Phi) is 7.61. The number of rotatable bonds is 8. The van der Waals surface area contributed by atoms with E-state index < -0.39 is 0 Å². The van der Waals surface area contributed by atoms with E-state index in [4.69, 9.17) is 9.47 Å². The van der Waals surface area contributed by atoms with Crippen LogP contribution in [0.25, 0.3) is 0 Å². The zero-order valence-corrected chi connectivity index (χ0v) is 13.3. The van der Waals surface area contributed by atoms with Gasteiger partial charge in [-0.05, 0) is 30.5 Å². The minimum atomic E-state index is -0.195. The molecule has 0 aromatic heterocycles. The van der Waals surface area contributed by atoms with Crippen LogP contribution in [0.3, 0.4) is 0 Å². The SMILES string of the molecule is COCC(C)NC(=O)NCc1ccc(OCC(C)C)cc1. The van der Waals surface area contributed by atoms with E-state index in [-0.39, 0.29) is 12.1 Å². The maximum atomic E-state index is 11.6. The van der Waals surface area contributed by atoms with Gasteiger partial charge in [-0.2, -0.15) is 0 Å². The molecule has 0 spiro atoms. The molecule has 0 heterocycles. The van der Waals surface area contributed by atoms with Crippen molar-refractivity contribution >= 4 is 6.03 Å². The first-order valence-corrected chi connectivity index (χ1v) is 7.26. The van der Waals surface area contributed by atoms with E-state index in [1.165, 1.54) is 0 Å². The van der Waals surface area contributed by atoms with Crippen LogP contribution in [0.5, 0.6) is 5.75 Å². The summed E-state index contributed by atoms with van der Waals surface area (Å²) in [6, 6.07) is 7.54. The van der Waals surface area contributed by atoms with E-state index in [9.17, 15) is 4.79 Å². The average molecular weight is 294 g/mol. The molecule has 1 aromatic rings. The molecule has 0 aliphatic carbocycles. The minimum absolute atomic E-state index is 0.0122. The van der Waals surface area contributed by atoms with Crippen LogP contribution >= 0.6 is 0 Å². The van der Waals surface area contributed by atoms with Gasteiger partial charge in [-0.1, -0.05) is 26.0 Å². The third kappa shape index (κ3) is 7.56. The van der Waals surface area contributed by atoms with Crippen molar-refractivity contribution < 1.29 is 14.3 Å². The second kappa shape index (κ2) is 9.23. The van der Waals surface area contributed by atoms with E-state index in [1.807, 2.05) is 31.2 Å². The van der Waals surface area contributed by atoms with Gasteiger partial charge in [0.05, 0.1) is 19.3 Å². The first-order valence-electron chi connectivity index (χ1n) is 7.26. The number of hydrogen-bond donors (Lipinski definition) is 2. The van der Waals surface area contributed by atoms with Gasteiger partial charge >= 0.3 is 6.03 Å². The summed E-state index contributed by atoms with van der Waals surface area (Å²) in [6.45, 7) is 7.80. The van der Waals surface area contributed by atoms with Crippen molar-refractivity contribution in [2.24, 2.45) is 5.92 Å². The van der Waals surface area contributed by atoms with E-state index in [2.05, 4.69) is 24.5 Å². The highest BCUT2D eigenvalue weighted by molar-refractivity contribution is 5.74. The molecule has 1 rings (SSSR count). The Morgan fingerprint density at radius 1 is 1.14 bits per heavy atom.